The molecule has 2 aromatic carbocycles. The molecule has 0 radical (unpaired) electrons. The van der Waals surface area contributed by atoms with Crippen molar-refractivity contribution in [1.82, 2.24) is 14.5 Å². The van der Waals surface area contributed by atoms with E-state index in [0.717, 1.165) is 16.4 Å². The van der Waals surface area contributed by atoms with Crippen molar-refractivity contribution in [3.05, 3.63) is 64.7 Å². The van der Waals surface area contributed by atoms with Gasteiger partial charge in [-0.25, -0.2) is 8.42 Å². The van der Waals surface area contributed by atoms with E-state index in [-0.39, 0.29) is 17.3 Å². The third kappa shape index (κ3) is 6.32. The number of nitrogens with zero attached hydrogens (tertiary/aromatic N) is 2. The van der Waals surface area contributed by atoms with E-state index in [4.69, 9.17) is 11.6 Å². The van der Waals surface area contributed by atoms with Crippen molar-refractivity contribution in [2.45, 2.75) is 18.0 Å². The maximum absolute atomic E-state index is 12.5. The Bertz CT molecular complexity index is 866. The second kappa shape index (κ2) is 9.32. The van der Waals surface area contributed by atoms with Gasteiger partial charge < -0.3 is 10.2 Å². The number of amides is 1. The first kappa shape index (κ1) is 21.4. The van der Waals surface area contributed by atoms with Gasteiger partial charge in [0.05, 0.1) is 11.4 Å². The summed E-state index contributed by atoms with van der Waals surface area (Å²) in [5.41, 5.74) is 2.14. The molecule has 0 saturated heterocycles. The lowest BCUT2D eigenvalue weighted by atomic mass is 10.1. The first-order valence-electron chi connectivity index (χ1n) is 8.39. The lowest BCUT2D eigenvalue weighted by Gasteiger charge is -2.17. The molecule has 2 rings (SSSR count). The fraction of sp³-hybridized carbons (Fsp3) is 0.316. The Kier molecular flexibility index (Phi) is 7.38. The maximum Gasteiger partial charge on any atom is 0.243 e. The van der Waals surface area contributed by atoms with E-state index in [2.05, 4.69) is 10.2 Å². The zero-order valence-corrected chi connectivity index (χ0v) is 17.2. The molecule has 0 atom stereocenters. The van der Waals surface area contributed by atoms with Crippen LogP contribution in [-0.2, 0) is 27.9 Å². The van der Waals surface area contributed by atoms with E-state index in [1.807, 2.05) is 38.4 Å². The highest BCUT2D eigenvalue weighted by atomic mass is 35.5. The minimum Gasteiger partial charge on any atom is -0.351 e. The van der Waals surface area contributed by atoms with Crippen molar-refractivity contribution in [1.29, 1.82) is 0 Å². The maximum atomic E-state index is 12.5. The number of halogens is 1. The number of rotatable bonds is 8. The summed E-state index contributed by atoms with van der Waals surface area (Å²) in [6.45, 7) is 0.930. The molecule has 0 unspecified atom stereocenters. The third-order valence-electron chi connectivity index (χ3n) is 3.90. The quantitative estimate of drug-likeness (QED) is 0.726. The monoisotopic (exact) mass is 409 g/mol. The van der Waals surface area contributed by atoms with Crippen LogP contribution in [0, 0.1) is 0 Å². The molecule has 146 valence electrons. The molecule has 0 aliphatic rings. The number of carbonyl (C=O) groups excluding carboxylic acids is 1. The SMILES string of the molecule is CN(C)Cc1ccc(CNC(=O)CN(C)S(=O)(=O)c2ccc(Cl)cc2)cc1. The van der Waals surface area contributed by atoms with E-state index in [1.54, 1.807) is 0 Å². The zero-order valence-electron chi connectivity index (χ0n) is 15.6. The van der Waals surface area contributed by atoms with Crippen molar-refractivity contribution < 1.29 is 13.2 Å². The van der Waals surface area contributed by atoms with E-state index < -0.39 is 10.0 Å². The van der Waals surface area contributed by atoms with Gasteiger partial charge in [0.2, 0.25) is 15.9 Å². The van der Waals surface area contributed by atoms with Crippen molar-refractivity contribution in [2.24, 2.45) is 0 Å². The first-order chi connectivity index (χ1) is 12.7. The Morgan fingerprint density at radius 1 is 0.963 bits per heavy atom. The van der Waals surface area contributed by atoms with Crippen LogP contribution in [0.15, 0.2) is 53.4 Å². The molecule has 0 saturated carbocycles. The highest BCUT2D eigenvalue weighted by Crippen LogP contribution is 2.17. The smallest absolute Gasteiger partial charge is 0.243 e. The van der Waals surface area contributed by atoms with Gasteiger partial charge >= 0.3 is 0 Å². The summed E-state index contributed by atoms with van der Waals surface area (Å²) in [4.78, 5) is 14.3. The predicted octanol–water partition coefficient (Wildman–Crippen LogP) is 2.34. The van der Waals surface area contributed by atoms with Gasteiger partial charge in [-0.3, -0.25) is 4.79 Å². The number of carbonyl (C=O) groups is 1. The predicted molar refractivity (Wildman–Crippen MR) is 107 cm³/mol. The molecule has 1 amide bonds. The van der Waals surface area contributed by atoms with Crippen LogP contribution < -0.4 is 5.32 Å². The third-order valence-corrected chi connectivity index (χ3v) is 5.97. The Morgan fingerprint density at radius 3 is 2.07 bits per heavy atom. The number of hydrogen-bond acceptors (Lipinski definition) is 4. The molecule has 8 heteroatoms. The van der Waals surface area contributed by atoms with Gasteiger partial charge in [-0.05, 0) is 49.5 Å². The molecule has 0 aromatic heterocycles. The highest BCUT2D eigenvalue weighted by molar-refractivity contribution is 7.89. The molecule has 0 aliphatic heterocycles. The number of likely N-dealkylation sites (N-methyl/N-ethyl adjacent to an activating group) is 1. The molecule has 0 aliphatic carbocycles. The van der Waals surface area contributed by atoms with Crippen LogP contribution in [0.5, 0.6) is 0 Å². The van der Waals surface area contributed by atoms with E-state index in [9.17, 15) is 13.2 Å². The highest BCUT2D eigenvalue weighted by Gasteiger charge is 2.22. The number of hydrogen-bond donors (Lipinski definition) is 1. The normalized spacial score (nSPS) is 11.8. The summed E-state index contributed by atoms with van der Waals surface area (Å²) in [5.74, 6) is -0.368. The van der Waals surface area contributed by atoms with Gasteiger partial charge in [-0.2, -0.15) is 4.31 Å². The Hall–Kier alpha value is -1.93. The van der Waals surface area contributed by atoms with Crippen LogP contribution in [0.25, 0.3) is 0 Å². The lowest BCUT2D eigenvalue weighted by Crippen LogP contribution is -2.38. The summed E-state index contributed by atoms with van der Waals surface area (Å²) in [6.07, 6.45) is 0. The van der Waals surface area contributed by atoms with Crippen molar-refractivity contribution in [3.63, 3.8) is 0 Å². The van der Waals surface area contributed by atoms with Gasteiger partial charge in [0.15, 0.2) is 0 Å². The Morgan fingerprint density at radius 2 is 1.52 bits per heavy atom. The fourth-order valence-electron chi connectivity index (χ4n) is 2.46. The van der Waals surface area contributed by atoms with Gasteiger partial charge in [-0.15, -0.1) is 0 Å². The van der Waals surface area contributed by atoms with Crippen molar-refractivity contribution >= 4 is 27.5 Å². The largest absolute Gasteiger partial charge is 0.351 e. The second-order valence-electron chi connectivity index (χ2n) is 6.55. The lowest BCUT2D eigenvalue weighted by molar-refractivity contribution is -0.121. The zero-order chi connectivity index (χ0) is 20.0. The van der Waals surface area contributed by atoms with Crippen LogP contribution in [0.4, 0.5) is 0 Å². The van der Waals surface area contributed by atoms with Crippen LogP contribution in [0.1, 0.15) is 11.1 Å². The summed E-state index contributed by atoms with van der Waals surface area (Å²) in [6, 6.07) is 13.8. The van der Waals surface area contributed by atoms with Crippen LogP contribution >= 0.6 is 11.6 Å². The molecule has 2 aromatic rings. The number of sulfonamides is 1. The van der Waals surface area contributed by atoms with Crippen LogP contribution in [0.3, 0.4) is 0 Å². The molecule has 1 N–H and O–H groups in total. The molecule has 0 bridgehead atoms. The van der Waals surface area contributed by atoms with E-state index in [0.29, 0.717) is 11.6 Å². The molecule has 27 heavy (non-hydrogen) atoms. The van der Waals surface area contributed by atoms with Crippen LogP contribution in [0.2, 0.25) is 5.02 Å². The Labute approximate surface area is 165 Å². The fourth-order valence-corrected chi connectivity index (χ4v) is 3.71. The molecule has 0 fully saturated rings. The Balaban J connectivity index is 1.90. The van der Waals surface area contributed by atoms with Gasteiger partial charge in [0, 0.05) is 25.2 Å². The first-order valence-corrected chi connectivity index (χ1v) is 10.2. The van der Waals surface area contributed by atoms with Gasteiger partial charge in [-0.1, -0.05) is 35.9 Å². The summed E-state index contributed by atoms with van der Waals surface area (Å²) < 4.78 is 26.0. The molecular weight excluding hydrogens is 386 g/mol. The van der Waals surface area contributed by atoms with Gasteiger partial charge in [0.25, 0.3) is 0 Å². The summed E-state index contributed by atoms with van der Waals surface area (Å²) >= 11 is 5.78. The summed E-state index contributed by atoms with van der Waals surface area (Å²) in [5, 5.41) is 3.20. The molecular formula is C19H24ClN3O3S. The van der Waals surface area contributed by atoms with Crippen molar-refractivity contribution in [2.75, 3.05) is 27.7 Å². The minimum absolute atomic E-state index is 0.0960. The average molecular weight is 410 g/mol. The second-order valence-corrected chi connectivity index (χ2v) is 9.03. The van der Waals surface area contributed by atoms with Gasteiger partial charge in [0.1, 0.15) is 0 Å². The molecule has 0 heterocycles. The van der Waals surface area contributed by atoms with E-state index in [1.165, 1.54) is 36.9 Å². The topological polar surface area (TPSA) is 69.7 Å². The number of benzene rings is 2. The summed E-state index contributed by atoms with van der Waals surface area (Å²) in [7, 11) is 1.64. The molecule has 6 nitrogen and oxygen atoms in total. The standard InChI is InChI=1S/C19H24ClN3O3S/c1-22(2)13-16-6-4-15(5-7-16)12-21-19(24)14-23(3)27(25,26)18-10-8-17(20)9-11-18/h4-11H,12-14H2,1-3H3,(H,21,24). The number of nitrogens with one attached hydrogen (secondary N) is 1. The molecule has 0 spiro atoms. The van der Waals surface area contributed by atoms with Crippen molar-refractivity contribution in [3.8, 4) is 0 Å². The van der Waals surface area contributed by atoms with Crippen LogP contribution in [-0.4, -0.2) is 51.2 Å². The van der Waals surface area contributed by atoms with E-state index >= 15 is 0 Å². The average Bonchev–Trinajstić information content (AvgIpc) is 2.61. The minimum atomic E-state index is -3.74.